The number of aromatic nitrogens is 1. The van der Waals surface area contributed by atoms with Gasteiger partial charge in [-0.25, -0.2) is 4.98 Å². The molecule has 4 nitrogen and oxygen atoms in total. The van der Waals surface area contributed by atoms with Crippen molar-refractivity contribution in [2.24, 2.45) is 0 Å². The number of rotatable bonds is 3. The molecule has 0 saturated heterocycles. The molecule has 0 saturated carbocycles. The van der Waals surface area contributed by atoms with Crippen LogP contribution >= 0.6 is 15.9 Å². The number of nitrogens with zero attached hydrogens (tertiary/aromatic N) is 1. The lowest BCUT2D eigenvalue weighted by molar-refractivity contribution is -0.150. The van der Waals surface area contributed by atoms with Crippen LogP contribution in [0.4, 0.5) is 24.5 Å². The van der Waals surface area contributed by atoms with Crippen molar-refractivity contribution >= 4 is 33.2 Å². The molecule has 0 unspecified atom stereocenters. The third-order valence-corrected chi connectivity index (χ3v) is 2.21. The van der Waals surface area contributed by atoms with Gasteiger partial charge in [-0.05, 0) is 22.0 Å². The third-order valence-electron chi connectivity index (χ3n) is 1.78. The molecular weight excluding hydrogens is 303 g/mol. The average molecular weight is 312 g/mol. The summed E-state index contributed by atoms with van der Waals surface area (Å²) < 4.78 is 36.4. The first-order chi connectivity index (χ1) is 7.81. The Morgan fingerprint density at radius 2 is 2.12 bits per heavy atom. The predicted molar refractivity (Wildman–Crippen MR) is 60.8 cm³/mol. The van der Waals surface area contributed by atoms with Crippen molar-refractivity contribution in [2.45, 2.75) is 12.6 Å². The fourth-order valence-corrected chi connectivity index (χ4v) is 1.44. The van der Waals surface area contributed by atoms with Crippen molar-refractivity contribution in [2.75, 3.05) is 17.7 Å². The summed E-state index contributed by atoms with van der Waals surface area (Å²) in [6.45, 7) is 0. The highest BCUT2D eigenvalue weighted by molar-refractivity contribution is 9.10. The number of hydrogen-bond acceptors (Lipinski definition) is 3. The van der Waals surface area contributed by atoms with Gasteiger partial charge in [-0.3, -0.25) is 4.79 Å². The zero-order valence-corrected chi connectivity index (χ0v) is 10.3. The van der Waals surface area contributed by atoms with E-state index < -0.39 is 18.5 Å². The Morgan fingerprint density at radius 1 is 1.47 bits per heavy atom. The largest absolute Gasteiger partial charge is 0.397 e. The van der Waals surface area contributed by atoms with Crippen LogP contribution in [0.5, 0.6) is 0 Å². The van der Waals surface area contributed by atoms with Crippen LogP contribution in [0.2, 0.25) is 0 Å². The topological polar surface area (TPSA) is 54.0 Å². The van der Waals surface area contributed by atoms with Gasteiger partial charge in [-0.1, -0.05) is 0 Å². The van der Waals surface area contributed by atoms with Crippen molar-refractivity contribution in [3.05, 3.63) is 16.9 Å². The lowest BCUT2D eigenvalue weighted by atomic mass is 10.3. The van der Waals surface area contributed by atoms with Gasteiger partial charge in [0.1, 0.15) is 11.0 Å². The van der Waals surface area contributed by atoms with Crippen molar-refractivity contribution < 1.29 is 18.0 Å². The minimum Gasteiger partial charge on any atom is -0.386 e. The minimum absolute atomic E-state index is 0.199. The first-order valence-corrected chi connectivity index (χ1v) is 5.31. The Kier molecular flexibility index (Phi) is 4.33. The second-order valence-electron chi connectivity index (χ2n) is 3.14. The SMILES string of the molecule is CNc1cc(Br)ncc1NC(=O)CC(F)(F)F. The Balaban J connectivity index is 2.78. The van der Waals surface area contributed by atoms with Gasteiger partial charge in [-0.2, -0.15) is 13.2 Å². The highest BCUT2D eigenvalue weighted by Gasteiger charge is 2.31. The molecule has 0 radical (unpaired) electrons. The number of carbonyl (C=O) groups is 1. The van der Waals surface area contributed by atoms with Crippen molar-refractivity contribution in [1.82, 2.24) is 4.98 Å². The summed E-state index contributed by atoms with van der Waals surface area (Å²) in [6, 6.07) is 1.54. The molecule has 0 atom stereocenters. The van der Waals surface area contributed by atoms with Crippen LogP contribution in [-0.4, -0.2) is 24.1 Å². The fraction of sp³-hybridized carbons (Fsp3) is 0.333. The number of anilines is 2. The zero-order chi connectivity index (χ0) is 13.1. The molecule has 0 aromatic carbocycles. The molecule has 0 aliphatic heterocycles. The van der Waals surface area contributed by atoms with Crippen LogP contribution in [0.1, 0.15) is 6.42 Å². The molecule has 0 aliphatic rings. The number of pyridine rings is 1. The number of nitrogens with one attached hydrogen (secondary N) is 2. The number of halogens is 4. The quantitative estimate of drug-likeness (QED) is 0.844. The van der Waals surface area contributed by atoms with Gasteiger partial charge in [0.2, 0.25) is 5.91 Å². The minimum atomic E-state index is -4.52. The number of hydrogen-bond donors (Lipinski definition) is 2. The Bertz CT molecular complexity index is 422. The van der Waals surface area contributed by atoms with E-state index in [0.29, 0.717) is 10.3 Å². The maximum absolute atomic E-state index is 12.0. The lowest BCUT2D eigenvalue weighted by Crippen LogP contribution is -2.21. The molecule has 1 aromatic rings. The third kappa shape index (κ3) is 4.59. The van der Waals surface area contributed by atoms with Gasteiger partial charge >= 0.3 is 6.18 Å². The molecule has 0 aliphatic carbocycles. The summed E-state index contributed by atoms with van der Waals surface area (Å²) in [5.74, 6) is -1.13. The molecule has 1 aromatic heterocycles. The number of carbonyl (C=O) groups excluding carboxylic acids is 1. The molecular formula is C9H9BrF3N3O. The first kappa shape index (κ1) is 13.8. The Hall–Kier alpha value is -1.31. The predicted octanol–water partition coefficient (Wildman–Crippen LogP) is 2.78. The maximum Gasteiger partial charge on any atom is 0.397 e. The van der Waals surface area contributed by atoms with E-state index in [9.17, 15) is 18.0 Å². The van der Waals surface area contributed by atoms with Gasteiger partial charge in [0, 0.05) is 7.05 Å². The summed E-state index contributed by atoms with van der Waals surface area (Å²) in [5, 5.41) is 4.88. The van der Waals surface area contributed by atoms with Crippen LogP contribution in [0.3, 0.4) is 0 Å². The van der Waals surface area contributed by atoms with Gasteiger partial charge in [-0.15, -0.1) is 0 Å². The average Bonchev–Trinajstić information content (AvgIpc) is 2.17. The van der Waals surface area contributed by atoms with Crippen molar-refractivity contribution in [3.8, 4) is 0 Å². The summed E-state index contributed by atoms with van der Waals surface area (Å²) in [4.78, 5) is 14.9. The van der Waals surface area contributed by atoms with E-state index in [1.54, 1.807) is 13.1 Å². The monoisotopic (exact) mass is 311 g/mol. The van der Waals surface area contributed by atoms with Crippen LogP contribution in [0.25, 0.3) is 0 Å². The number of alkyl halides is 3. The van der Waals surface area contributed by atoms with E-state index in [2.05, 4.69) is 31.5 Å². The second kappa shape index (κ2) is 5.35. The van der Waals surface area contributed by atoms with Crippen LogP contribution < -0.4 is 10.6 Å². The fourth-order valence-electron chi connectivity index (χ4n) is 1.11. The Labute approximate surface area is 104 Å². The molecule has 0 fully saturated rings. The Morgan fingerprint density at radius 3 is 2.65 bits per heavy atom. The molecule has 94 valence electrons. The van der Waals surface area contributed by atoms with Gasteiger partial charge in [0.15, 0.2) is 0 Å². The molecule has 8 heteroatoms. The van der Waals surface area contributed by atoms with E-state index in [-0.39, 0.29) is 5.69 Å². The molecule has 2 N–H and O–H groups in total. The second-order valence-corrected chi connectivity index (χ2v) is 3.96. The smallest absolute Gasteiger partial charge is 0.386 e. The molecule has 1 rings (SSSR count). The van der Waals surface area contributed by atoms with Crippen LogP contribution in [-0.2, 0) is 4.79 Å². The lowest BCUT2D eigenvalue weighted by Gasteiger charge is -2.11. The molecule has 1 amide bonds. The van der Waals surface area contributed by atoms with E-state index in [0.717, 1.165) is 0 Å². The highest BCUT2D eigenvalue weighted by Crippen LogP contribution is 2.25. The standard InChI is InChI=1S/C9H9BrF3N3O/c1-14-5-2-7(10)15-4-6(5)16-8(17)3-9(11,12)13/h2,4H,3H2,1H3,(H,14,15)(H,16,17). The normalized spacial score (nSPS) is 11.1. The van der Waals surface area contributed by atoms with Gasteiger partial charge < -0.3 is 10.6 Å². The summed E-state index contributed by atoms with van der Waals surface area (Å²) in [7, 11) is 1.58. The van der Waals surface area contributed by atoms with Gasteiger partial charge in [0.25, 0.3) is 0 Å². The molecule has 0 bridgehead atoms. The number of amides is 1. The van der Waals surface area contributed by atoms with Gasteiger partial charge in [0.05, 0.1) is 17.6 Å². The van der Waals surface area contributed by atoms with E-state index in [1.165, 1.54) is 6.20 Å². The van der Waals surface area contributed by atoms with Crippen LogP contribution in [0, 0.1) is 0 Å². The van der Waals surface area contributed by atoms with E-state index in [4.69, 9.17) is 0 Å². The van der Waals surface area contributed by atoms with E-state index in [1.807, 2.05) is 0 Å². The van der Waals surface area contributed by atoms with Crippen LogP contribution in [0.15, 0.2) is 16.9 Å². The summed E-state index contributed by atoms with van der Waals surface area (Å²) >= 11 is 3.11. The highest BCUT2D eigenvalue weighted by atomic mass is 79.9. The summed E-state index contributed by atoms with van der Waals surface area (Å²) in [5.41, 5.74) is 0.673. The molecule has 17 heavy (non-hydrogen) atoms. The van der Waals surface area contributed by atoms with Crippen molar-refractivity contribution in [3.63, 3.8) is 0 Å². The summed E-state index contributed by atoms with van der Waals surface area (Å²) in [6.07, 6.45) is -4.77. The maximum atomic E-state index is 12.0. The molecule has 0 spiro atoms. The molecule has 1 heterocycles. The van der Waals surface area contributed by atoms with E-state index >= 15 is 0 Å². The first-order valence-electron chi connectivity index (χ1n) is 4.51. The zero-order valence-electron chi connectivity index (χ0n) is 8.73. The van der Waals surface area contributed by atoms with Crippen molar-refractivity contribution in [1.29, 1.82) is 0 Å².